The summed E-state index contributed by atoms with van der Waals surface area (Å²) < 4.78 is 8.25. The predicted molar refractivity (Wildman–Crippen MR) is 160 cm³/mol. The molecular formula is C22H16I3N3O6S. The van der Waals surface area contributed by atoms with Crippen LogP contribution in [0.3, 0.4) is 0 Å². The maximum absolute atomic E-state index is 11.9. The first-order valence-corrected chi connectivity index (χ1v) is 13.4. The summed E-state index contributed by atoms with van der Waals surface area (Å²) in [5.41, 5.74) is 1.20. The molecule has 0 aromatic heterocycles. The molecular weight excluding hydrogens is 815 g/mol. The van der Waals surface area contributed by atoms with Crippen molar-refractivity contribution in [2.75, 3.05) is 5.32 Å². The van der Waals surface area contributed by atoms with Crippen LogP contribution in [0.25, 0.3) is 0 Å². The van der Waals surface area contributed by atoms with Crippen LogP contribution in [0.2, 0.25) is 0 Å². The van der Waals surface area contributed by atoms with Gasteiger partial charge in [0.2, 0.25) is 0 Å². The number of halogens is 3. The third-order valence-electron chi connectivity index (χ3n) is 4.58. The van der Waals surface area contributed by atoms with Crippen LogP contribution in [0.15, 0.2) is 54.6 Å². The molecule has 0 aliphatic carbocycles. The number of hydrogen-bond acceptors (Lipinski definition) is 6. The van der Waals surface area contributed by atoms with Gasteiger partial charge in [0.1, 0.15) is 17.5 Å². The van der Waals surface area contributed by atoms with Crippen molar-refractivity contribution in [3.8, 4) is 17.2 Å². The number of ether oxygens (including phenoxy) is 1. The van der Waals surface area contributed by atoms with Crippen molar-refractivity contribution < 1.29 is 24.7 Å². The summed E-state index contributed by atoms with van der Waals surface area (Å²) >= 11 is 11.5. The lowest BCUT2D eigenvalue weighted by atomic mass is 10.1. The molecule has 35 heavy (non-hydrogen) atoms. The Kier molecular flexibility index (Phi) is 9.70. The number of aromatic hydroxyl groups is 1. The minimum atomic E-state index is -1.08. The summed E-state index contributed by atoms with van der Waals surface area (Å²) in [7, 11) is 0. The van der Waals surface area contributed by atoms with Crippen LogP contribution in [-0.4, -0.2) is 32.3 Å². The van der Waals surface area contributed by atoms with Crippen molar-refractivity contribution in [3.05, 3.63) is 81.0 Å². The molecule has 0 aliphatic rings. The minimum absolute atomic E-state index is 0.0605. The number of hydrogen-bond donors (Lipinski definition) is 4. The molecule has 0 radical (unpaired) electrons. The smallest absolute Gasteiger partial charge is 0.326 e. The van der Waals surface area contributed by atoms with E-state index in [2.05, 4.69) is 55.8 Å². The molecule has 3 aromatic carbocycles. The van der Waals surface area contributed by atoms with Gasteiger partial charge in [-0.1, -0.05) is 0 Å². The standard InChI is InChI=1S/C22H16I3N3O6S/c23-15-10-14(5-6-19(15)29)34-20-16(24)7-11(8-17(20)25)9-18(21(30)31)27-22(35)26-12-1-3-13(4-2-12)28(32)33/h1-8,10,18,29H,9H2,(H,30,31)(H2,26,27,35)/t18-/m0/s1. The summed E-state index contributed by atoms with van der Waals surface area (Å²) in [5.74, 6) is 0.294. The lowest BCUT2D eigenvalue weighted by Crippen LogP contribution is -2.44. The number of aliphatic carboxylic acids is 1. The van der Waals surface area contributed by atoms with Crippen molar-refractivity contribution in [2.45, 2.75) is 12.5 Å². The SMILES string of the molecule is O=C(O)[C@H](Cc1cc(I)c(Oc2ccc(O)c(I)c2)c(I)c1)NC(=S)Nc1ccc([N+](=O)[O-])cc1. The van der Waals surface area contributed by atoms with E-state index in [1.54, 1.807) is 18.2 Å². The maximum atomic E-state index is 11.9. The van der Waals surface area contributed by atoms with Crippen molar-refractivity contribution in [3.63, 3.8) is 0 Å². The van der Waals surface area contributed by atoms with E-state index in [4.69, 9.17) is 17.0 Å². The molecule has 0 saturated carbocycles. The number of anilines is 1. The van der Waals surface area contributed by atoms with Gasteiger partial charge < -0.3 is 25.6 Å². The Balaban J connectivity index is 1.70. The van der Waals surface area contributed by atoms with E-state index in [1.165, 1.54) is 24.3 Å². The zero-order chi connectivity index (χ0) is 25.7. The highest BCUT2D eigenvalue weighted by Crippen LogP contribution is 2.35. The highest BCUT2D eigenvalue weighted by atomic mass is 127. The van der Waals surface area contributed by atoms with Gasteiger partial charge in [-0.25, -0.2) is 4.79 Å². The lowest BCUT2D eigenvalue weighted by molar-refractivity contribution is -0.384. The highest BCUT2D eigenvalue weighted by Gasteiger charge is 2.21. The van der Waals surface area contributed by atoms with Crippen LogP contribution in [0.1, 0.15) is 5.56 Å². The van der Waals surface area contributed by atoms with Gasteiger partial charge in [-0.3, -0.25) is 10.1 Å². The number of carboxylic acids is 1. The number of thiocarbonyl (C=S) groups is 1. The summed E-state index contributed by atoms with van der Waals surface area (Å²) in [4.78, 5) is 22.1. The van der Waals surface area contributed by atoms with Crippen molar-refractivity contribution in [2.24, 2.45) is 0 Å². The maximum Gasteiger partial charge on any atom is 0.326 e. The topological polar surface area (TPSA) is 134 Å². The molecule has 0 bridgehead atoms. The van der Waals surface area contributed by atoms with Crippen LogP contribution in [0, 0.1) is 20.8 Å². The first-order valence-electron chi connectivity index (χ1n) is 9.72. The molecule has 0 aliphatic heterocycles. The molecule has 13 heteroatoms. The van der Waals surface area contributed by atoms with Crippen LogP contribution in [-0.2, 0) is 11.2 Å². The lowest BCUT2D eigenvalue weighted by Gasteiger charge is -2.19. The number of carbonyl (C=O) groups is 1. The van der Waals surface area contributed by atoms with Gasteiger partial charge in [0.05, 0.1) is 15.6 Å². The van der Waals surface area contributed by atoms with E-state index < -0.39 is 16.9 Å². The van der Waals surface area contributed by atoms with Crippen molar-refractivity contribution >= 4 is 102 Å². The van der Waals surface area contributed by atoms with E-state index in [0.29, 0.717) is 20.8 Å². The Labute approximate surface area is 246 Å². The number of carboxylic acid groups (broad SMARTS) is 1. The first-order chi connectivity index (χ1) is 16.5. The second-order valence-electron chi connectivity index (χ2n) is 7.10. The Morgan fingerprint density at radius 3 is 2.23 bits per heavy atom. The van der Waals surface area contributed by atoms with E-state index in [9.17, 15) is 25.1 Å². The number of nitrogens with zero attached hydrogens (tertiary/aromatic N) is 1. The quantitative estimate of drug-likeness (QED) is 0.0950. The summed E-state index contributed by atoms with van der Waals surface area (Å²) in [5, 5.41) is 35.9. The van der Waals surface area contributed by atoms with Crippen molar-refractivity contribution in [1.82, 2.24) is 5.32 Å². The normalized spacial score (nSPS) is 11.4. The fourth-order valence-electron chi connectivity index (χ4n) is 2.92. The fraction of sp³-hybridized carbons (Fsp3) is 0.0909. The number of non-ortho nitro benzene ring substituents is 1. The van der Waals surface area contributed by atoms with Gasteiger partial charge in [-0.2, -0.15) is 0 Å². The van der Waals surface area contributed by atoms with Crippen LogP contribution < -0.4 is 15.4 Å². The largest absolute Gasteiger partial charge is 0.507 e. The van der Waals surface area contributed by atoms with Gasteiger partial charge >= 0.3 is 5.97 Å². The molecule has 4 N–H and O–H groups in total. The van der Waals surface area contributed by atoms with Gasteiger partial charge in [0.15, 0.2) is 10.9 Å². The molecule has 9 nitrogen and oxygen atoms in total. The Hall–Kier alpha value is -1.99. The number of rotatable bonds is 8. The Morgan fingerprint density at radius 1 is 1.06 bits per heavy atom. The van der Waals surface area contributed by atoms with Gasteiger partial charge in [0, 0.05) is 24.2 Å². The third kappa shape index (κ3) is 7.74. The Morgan fingerprint density at radius 2 is 1.69 bits per heavy atom. The van der Waals surface area contributed by atoms with Gasteiger partial charge in [-0.05, 0) is 128 Å². The highest BCUT2D eigenvalue weighted by molar-refractivity contribution is 14.1. The first kappa shape index (κ1) is 27.6. The molecule has 0 fully saturated rings. The summed E-state index contributed by atoms with van der Waals surface area (Å²) in [6.07, 6.45) is 0.154. The van der Waals surface area contributed by atoms with E-state index in [1.807, 2.05) is 34.7 Å². The van der Waals surface area contributed by atoms with E-state index in [-0.39, 0.29) is 23.0 Å². The fourth-order valence-corrected chi connectivity index (χ4v) is 5.79. The van der Waals surface area contributed by atoms with Crippen LogP contribution >= 0.6 is 80.0 Å². The molecule has 182 valence electrons. The number of phenols is 1. The summed E-state index contributed by atoms with van der Waals surface area (Å²) in [6.45, 7) is 0. The average Bonchev–Trinajstić information content (AvgIpc) is 2.78. The second-order valence-corrected chi connectivity index (χ2v) is 11.0. The molecule has 1 atom stereocenters. The molecule has 0 amide bonds. The van der Waals surface area contributed by atoms with Crippen LogP contribution in [0.5, 0.6) is 17.2 Å². The molecule has 0 unspecified atom stereocenters. The van der Waals surface area contributed by atoms with Crippen LogP contribution in [0.4, 0.5) is 11.4 Å². The zero-order valence-electron chi connectivity index (χ0n) is 17.5. The molecule has 3 aromatic rings. The number of nitro benzene ring substituents is 1. The predicted octanol–water partition coefficient (Wildman–Crippen LogP) is 5.89. The number of benzene rings is 3. The van der Waals surface area contributed by atoms with Crippen molar-refractivity contribution in [1.29, 1.82) is 0 Å². The Bertz CT molecular complexity index is 1270. The van der Waals surface area contributed by atoms with E-state index in [0.717, 1.165) is 12.7 Å². The number of phenolic OH excluding ortho intramolecular Hbond substituents is 1. The van der Waals surface area contributed by atoms with Gasteiger partial charge in [0.25, 0.3) is 5.69 Å². The second kappa shape index (κ2) is 12.3. The molecule has 0 heterocycles. The molecule has 3 rings (SSSR count). The van der Waals surface area contributed by atoms with Gasteiger partial charge in [-0.15, -0.1) is 0 Å². The molecule has 0 spiro atoms. The van der Waals surface area contributed by atoms with E-state index >= 15 is 0 Å². The monoisotopic (exact) mass is 831 g/mol. The third-order valence-corrected chi connectivity index (χ3v) is 7.26. The minimum Gasteiger partial charge on any atom is -0.507 e. The molecule has 0 saturated heterocycles. The zero-order valence-corrected chi connectivity index (χ0v) is 24.8. The average molecular weight is 831 g/mol. The number of nitro groups is 1. The summed E-state index contributed by atoms with van der Waals surface area (Å²) in [6, 6.07) is 13.2. The number of nitrogens with one attached hydrogen (secondary N) is 2.